The lowest BCUT2D eigenvalue weighted by Gasteiger charge is -2.14. The largest absolute Gasteiger partial charge is 0.497 e. The molecule has 7 heteroatoms. The SMILES string of the molecule is CN=C(NCCc1cc(F)ccc1F)NCc1ccc(OC)cc1OC. The van der Waals surface area contributed by atoms with E-state index >= 15 is 0 Å². The van der Waals surface area contributed by atoms with Crippen molar-refractivity contribution >= 4 is 5.96 Å². The van der Waals surface area contributed by atoms with Crippen molar-refractivity contribution in [2.45, 2.75) is 13.0 Å². The first-order valence-corrected chi connectivity index (χ1v) is 8.16. The van der Waals surface area contributed by atoms with Crippen LogP contribution < -0.4 is 20.1 Å². The Labute approximate surface area is 152 Å². The third kappa shape index (κ3) is 5.34. The molecular formula is C19H23F2N3O2. The molecule has 0 aliphatic rings. The summed E-state index contributed by atoms with van der Waals surface area (Å²) in [7, 11) is 4.84. The monoisotopic (exact) mass is 363 g/mol. The smallest absolute Gasteiger partial charge is 0.191 e. The zero-order chi connectivity index (χ0) is 18.9. The van der Waals surface area contributed by atoms with E-state index in [1.54, 1.807) is 27.3 Å². The summed E-state index contributed by atoms with van der Waals surface area (Å²) < 4.78 is 37.4. The van der Waals surface area contributed by atoms with E-state index in [2.05, 4.69) is 15.6 Å². The Balaban J connectivity index is 1.89. The molecule has 5 nitrogen and oxygen atoms in total. The number of ether oxygens (including phenoxy) is 2. The number of hydrogen-bond acceptors (Lipinski definition) is 3. The van der Waals surface area contributed by atoms with Crippen LogP contribution in [0.3, 0.4) is 0 Å². The van der Waals surface area contributed by atoms with E-state index in [0.29, 0.717) is 42.5 Å². The molecule has 0 heterocycles. The zero-order valence-electron chi connectivity index (χ0n) is 15.1. The van der Waals surface area contributed by atoms with Crippen LogP contribution in [0.4, 0.5) is 8.78 Å². The highest BCUT2D eigenvalue weighted by Gasteiger charge is 2.07. The van der Waals surface area contributed by atoms with Crippen molar-refractivity contribution in [3.63, 3.8) is 0 Å². The van der Waals surface area contributed by atoms with E-state index in [1.807, 2.05) is 12.1 Å². The van der Waals surface area contributed by atoms with Crippen molar-refractivity contribution in [1.29, 1.82) is 0 Å². The first kappa shape index (κ1) is 19.5. The minimum absolute atomic E-state index is 0.324. The van der Waals surface area contributed by atoms with Crippen LogP contribution in [0.5, 0.6) is 11.5 Å². The number of aliphatic imine (C=N–C) groups is 1. The van der Waals surface area contributed by atoms with Crippen LogP contribution in [0.2, 0.25) is 0 Å². The second-order valence-corrected chi connectivity index (χ2v) is 5.52. The highest BCUT2D eigenvalue weighted by Crippen LogP contribution is 2.24. The van der Waals surface area contributed by atoms with Gasteiger partial charge in [0.2, 0.25) is 0 Å². The molecule has 0 spiro atoms. The van der Waals surface area contributed by atoms with Crippen molar-refractivity contribution in [2.24, 2.45) is 4.99 Å². The summed E-state index contributed by atoms with van der Waals surface area (Å²) in [5, 5.41) is 6.24. The Bertz CT molecular complexity index is 766. The molecule has 0 saturated carbocycles. The van der Waals surface area contributed by atoms with Crippen LogP contribution in [0.25, 0.3) is 0 Å². The number of halogens is 2. The molecule has 0 unspecified atom stereocenters. The molecule has 0 amide bonds. The summed E-state index contributed by atoms with van der Waals surface area (Å²) in [5.41, 5.74) is 1.26. The molecule has 2 rings (SSSR count). The summed E-state index contributed by atoms with van der Waals surface area (Å²) >= 11 is 0. The summed E-state index contributed by atoms with van der Waals surface area (Å²) in [6.45, 7) is 0.904. The van der Waals surface area contributed by atoms with Crippen molar-refractivity contribution in [1.82, 2.24) is 10.6 Å². The molecule has 0 radical (unpaired) electrons. The minimum atomic E-state index is -0.449. The van der Waals surface area contributed by atoms with Crippen LogP contribution in [-0.4, -0.2) is 33.8 Å². The van der Waals surface area contributed by atoms with Gasteiger partial charge in [-0.3, -0.25) is 4.99 Å². The van der Waals surface area contributed by atoms with Gasteiger partial charge in [-0.15, -0.1) is 0 Å². The molecule has 0 aliphatic carbocycles. The maximum absolute atomic E-state index is 13.6. The summed E-state index contributed by atoms with van der Waals surface area (Å²) in [6, 6.07) is 9.00. The summed E-state index contributed by atoms with van der Waals surface area (Å²) in [4.78, 5) is 4.12. The molecule has 26 heavy (non-hydrogen) atoms. The number of nitrogens with zero attached hydrogens (tertiary/aromatic N) is 1. The minimum Gasteiger partial charge on any atom is -0.497 e. The highest BCUT2D eigenvalue weighted by molar-refractivity contribution is 5.79. The number of nitrogens with one attached hydrogen (secondary N) is 2. The van der Waals surface area contributed by atoms with E-state index in [1.165, 1.54) is 6.07 Å². The number of hydrogen-bond donors (Lipinski definition) is 2. The number of methoxy groups -OCH3 is 2. The molecule has 0 aromatic heterocycles. The van der Waals surface area contributed by atoms with Gasteiger partial charge in [-0.05, 0) is 42.3 Å². The molecule has 2 N–H and O–H groups in total. The van der Waals surface area contributed by atoms with E-state index in [9.17, 15) is 8.78 Å². The number of guanidine groups is 1. The fourth-order valence-corrected chi connectivity index (χ4v) is 2.45. The highest BCUT2D eigenvalue weighted by atomic mass is 19.1. The van der Waals surface area contributed by atoms with Crippen LogP contribution >= 0.6 is 0 Å². The molecule has 0 fully saturated rings. The van der Waals surface area contributed by atoms with E-state index in [-0.39, 0.29) is 0 Å². The van der Waals surface area contributed by atoms with Crippen LogP contribution in [-0.2, 0) is 13.0 Å². The third-order valence-electron chi connectivity index (χ3n) is 3.86. The van der Waals surface area contributed by atoms with Crippen molar-refractivity contribution in [3.05, 3.63) is 59.2 Å². The Morgan fingerprint density at radius 2 is 1.81 bits per heavy atom. The number of benzene rings is 2. The molecule has 2 aromatic carbocycles. The Kier molecular flexibility index (Phi) is 7.20. The van der Waals surface area contributed by atoms with Gasteiger partial charge in [0.15, 0.2) is 5.96 Å². The molecular weight excluding hydrogens is 340 g/mol. The van der Waals surface area contributed by atoms with Crippen molar-refractivity contribution in [3.8, 4) is 11.5 Å². The first-order chi connectivity index (χ1) is 12.6. The van der Waals surface area contributed by atoms with Gasteiger partial charge in [-0.25, -0.2) is 8.78 Å². The Hall–Kier alpha value is -2.83. The first-order valence-electron chi connectivity index (χ1n) is 8.16. The van der Waals surface area contributed by atoms with Gasteiger partial charge >= 0.3 is 0 Å². The Morgan fingerprint density at radius 1 is 1.00 bits per heavy atom. The quantitative estimate of drug-likeness (QED) is 0.587. The van der Waals surface area contributed by atoms with Crippen LogP contribution in [0, 0.1) is 11.6 Å². The molecule has 0 saturated heterocycles. The summed E-state index contributed by atoms with van der Waals surface area (Å²) in [5.74, 6) is 1.11. The summed E-state index contributed by atoms with van der Waals surface area (Å²) in [6.07, 6.45) is 0.343. The average molecular weight is 363 g/mol. The van der Waals surface area contributed by atoms with Gasteiger partial charge in [-0.2, -0.15) is 0 Å². The normalized spacial score (nSPS) is 11.2. The lowest BCUT2D eigenvalue weighted by molar-refractivity contribution is 0.390. The van der Waals surface area contributed by atoms with E-state index in [0.717, 1.165) is 17.7 Å². The second-order valence-electron chi connectivity index (χ2n) is 5.52. The van der Waals surface area contributed by atoms with Gasteiger partial charge < -0.3 is 20.1 Å². The van der Waals surface area contributed by atoms with E-state index in [4.69, 9.17) is 9.47 Å². The fourth-order valence-electron chi connectivity index (χ4n) is 2.45. The van der Waals surface area contributed by atoms with Crippen LogP contribution in [0.1, 0.15) is 11.1 Å². The second kappa shape index (κ2) is 9.60. The molecule has 0 bridgehead atoms. The fraction of sp³-hybridized carbons (Fsp3) is 0.316. The van der Waals surface area contributed by atoms with Crippen LogP contribution in [0.15, 0.2) is 41.4 Å². The van der Waals surface area contributed by atoms with Gasteiger partial charge in [0.05, 0.1) is 14.2 Å². The molecule has 0 atom stereocenters. The standard InChI is InChI=1S/C19H23F2N3O2/c1-22-19(23-9-8-13-10-15(20)5-7-17(13)21)24-12-14-4-6-16(25-2)11-18(14)26-3/h4-7,10-11H,8-9,12H2,1-3H3,(H2,22,23,24). The van der Waals surface area contributed by atoms with Gasteiger partial charge in [-0.1, -0.05) is 0 Å². The van der Waals surface area contributed by atoms with E-state index < -0.39 is 11.6 Å². The molecule has 0 aliphatic heterocycles. The average Bonchev–Trinajstić information content (AvgIpc) is 2.66. The molecule has 140 valence electrons. The lowest BCUT2D eigenvalue weighted by Crippen LogP contribution is -2.38. The lowest BCUT2D eigenvalue weighted by atomic mass is 10.1. The van der Waals surface area contributed by atoms with Crippen molar-refractivity contribution < 1.29 is 18.3 Å². The zero-order valence-corrected chi connectivity index (χ0v) is 15.1. The topological polar surface area (TPSA) is 54.9 Å². The maximum Gasteiger partial charge on any atom is 0.191 e. The maximum atomic E-state index is 13.6. The predicted molar refractivity (Wildman–Crippen MR) is 97.8 cm³/mol. The van der Waals surface area contributed by atoms with Gasteiger partial charge in [0.25, 0.3) is 0 Å². The molecule has 2 aromatic rings. The predicted octanol–water partition coefficient (Wildman–Crippen LogP) is 2.89. The van der Waals surface area contributed by atoms with Gasteiger partial charge in [0, 0.05) is 31.8 Å². The Morgan fingerprint density at radius 3 is 2.50 bits per heavy atom. The third-order valence-corrected chi connectivity index (χ3v) is 3.86. The van der Waals surface area contributed by atoms with Crippen molar-refractivity contribution in [2.75, 3.05) is 27.8 Å². The number of rotatable bonds is 7. The van der Waals surface area contributed by atoms with Gasteiger partial charge in [0.1, 0.15) is 23.1 Å².